The average Bonchev–Trinajstić information content (AvgIpc) is 2.45. The SMILES string of the molecule is CC(=O)Nc1ccc2c(Br)c3ccccc3c(C(C)(C)C)c2c1. The van der Waals surface area contributed by atoms with Gasteiger partial charge in [0.1, 0.15) is 0 Å². The molecule has 1 amide bonds. The van der Waals surface area contributed by atoms with Gasteiger partial charge in [0, 0.05) is 17.1 Å². The molecule has 0 unspecified atom stereocenters. The van der Waals surface area contributed by atoms with Gasteiger partial charge in [-0.05, 0) is 60.6 Å². The van der Waals surface area contributed by atoms with Crippen LogP contribution in [0, 0.1) is 0 Å². The molecule has 0 heterocycles. The maximum atomic E-state index is 11.4. The average molecular weight is 370 g/mol. The molecule has 0 fully saturated rings. The molecule has 0 aliphatic carbocycles. The van der Waals surface area contributed by atoms with Gasteiger partial charge >= 0.3 is 0 Å². The monoisotopic (exact) mass is 369 g/mol. The van der Waals surface area contributed by atoms with Crippen molar-refractivity contribution in [3.63, 3.8) is 0 Å². The van der Waals surface area contributed by atoms with Crippen LogP contribution in [0.1, 0.15) is 33.3 Å². The van der Waals surface area contributed by atoms with E-state index in [9.17, 15) is 4.79 Å². The van der Waals surface area contributed by atoms with E-state index in [-0.39, 0.29) is 11.3 Å². The van der Waals surface area contributed by atoms with E-state index in [1.807, 2.05) is 6.07 Å². The summed E-state index contributed by atoms with van der Waals surface area (Å²) in [7, 11) is 0. The summed E-state index contributed by atoms with van der Waals surface area (Å²) < 4.78 is 1.10. The van der Waals surface area contributed by atoms with Crippen LogP contribution in [0.15, 0.2) is 46.9 Å². The van der Waals surface area contributed by atoms with Crippen molar-refractivity contribution in [2.24, 2.45) is 0 Å². The molecule has 3 aromatic carbocycles. The van der Waals surface area contributed by atoms with Crippen molar-refractivity contribution in [2.75, 3.05) is 5.32 Å². The summed E-state index contributed by atoms with van der Waals surface area (Å²) in [5, 5.41) is 7.70. The summed E-state index contributed by atoms with van der Waals surface area (Å²) in [5.74, 6) is -0.0542. The summed E-state index contributed by atoms with van der Waals surface area (Å²) in [4.78, 5) is 11.4. The number of halogens is 1. The standard InChI is InChI=1S/C20H20BrNO/c1-12(23)22-13-9-10-16-17(11-13)18(20(2,3)4)14-7-5-6-8-15(14)19(16)21/h5-11H,1-4H3,(H,22,23). The van der Waals surface area contributed by atoms with Gasteiger partial charge < -0.3 is 5.32 Å². The lowest BCUT2D eigenvalue weighted by atomic mass is 9.80. The number of hydrogen-bond acceptors (Lipinski definition) is 1. The van der Waals surface area contributed by atoms with E-state index in [0.717, 1.165) is 10.2 Å². The second-order valence-corrected chi connectivity index (χ2v) is 7.72. The van der Waals surface area contributed by atoms with Gasteiger partial charge in [-0.15, -0.1) is 0 Å². The first-order valence-corrected chi connectivity index (χ1v) is 8.50. The minimum Gasteiger partial charge on any atom is -0.326 e. The molecule has 0 saturated heterocycles. The molecule has 0 radical (unpaired) electrons. The Hall–Kier alpha value is -1.87. The Morgan fingerprint density at radius 2 is 1.57 bits per heavy atom. The van der Waals surface area contributed by atoms with E-state index >= 15 is 0 Å². The first-order chi connectivity index (χ1) is 10.8. The minimum absolute atomic E-state index is 0.00655. The van der Waals surface area contributed by atoms with E-state index in [2.05, 4.69) is 78.4 Å². The van der Waals surface area contributed by atoms with Crippen molar-refractivity contribution in [1.82, 2.24) is 0 Å². The Kier molecular flexibility index (Phi) is 3.93. The van der Waals surface area contributed by atoms with Crippen LogP contribution in [-0.4, -0.2) is 5.91 Å². The molecule has 23 heavy (non-hydrogen) atoms. The van der Waals surface area contributed by atoms with Gasteiger partial charge in [-0.1, -0.05) is 51.1 Å². The zero-order valence-corrected chi connectivity index (χ0v) is 15.4. The fourth-order valence-corrected chi connectivity index (χ4v) is 3.91. The van der Waals surface area contributed by atoms with Gasteiger partial charge in [-0.3, -0.25) is 4.79 Å². The molecule has 0 spiro atoms. The molecule has 3 aromatic rings. The number of carbonyl (C=O) groups is 1. The van der Waals surface area contributed by atoms with E-state index in [1.54, 1.807) is 0 Å². The molecule has 118 valence electrons. The van der Waals surface area contributed by atoms with Crippen LogP contribution in [0.2, 0.25) is 0 Å². The van der Waals surface area contributed by atoms with Crippen LogP contribution in [0.4, 0.5) is 5.69 Å². The molecule has 0 aliphatic heterocycles. The number of fused-ring (bicyclic) bond motifs is 2. The highest BCUT2D eigenvalue weighted by molar-refractivity contribution is 9.10. The Morgan fingerprint density at radius 3 is 2.17 bits per heavy atom. The van der Waals surface area contributed by atoms with Crippen molar-refractivity contribution in [3.05, 3.63) is 52.5 Å². The number of nitrogens with one attached hydrogen (secondary N) is 1. The summed E-state index contributed by atoms with van der Waals surface area (Å²) >= 11 is 3.77. The fourth-order valence-electron chi connectivity index (χ4n) is 3.21. The number of benzene rings is 3. The van der Waals surface area contributed by atoms with Crippen molar-refractivity contribution >= 4 is 49.1 Å². The smallest absolute Gasteiger partial charge is 0.221 e. The largest absolute Gasteiger partial charge is 0.326 e. The van der Waals surface area contributed by atoms with Crippen molar-refractivity contribution < 1.29 is 4.79 Å². The number of hydrogen-bond donors (Lipinski definition) is 1. The van der Waals surface area contributed by atoms with Gasteiger partial charge in [0.15, 0.2) is 0 Å². The zero-order valence-electron chi connectivity index (χ0n) is 13.8. The summed E-state index contributed by atoms with van der Waals surface area (Å²) in [5.41, 5.74) is 2.13. The van der Waals surface area contributed by atoms with Gasteiger partial charge in [0.2, 0.25) is 5.91 Å². The Labute approximate surface area is 145 Å². The van der Waals surface area contributed by atoms with Crippen LogP contribution in [-0.2, 0) is 10.2 Å². The third kappa shape index (κ3) is 2.86. The van der Waals surface area contributed by atoms with Crippen molar-refractivity contribution in [3.8, 4) is 0 Å². The van der Waals surface area contributed by atoms with Crippen LogP contribution in [0.3, 0.4) is 0 Å². The van der Waals surface area contributed by atoms with Crippen molar-refractivity contribution in [1.29, 1.82) is 0 Å². The predicted octanol–water partition coefficient (Wildman–Crippen LogP) is 6.01. The maximum absolute atomic E-state index is 11.4. The lowest BCUT2D eigenvalue weighted by Gasteiger charge is -2.25. The third-order valence-electron chi connectivity index (χ3n) is 4.03. The summed E-state index contributed by atoms with van der Waals surface area (Å²) in [6.07, 6.45) is 0. The van der Waals surface area contributed by atoms with Crippen LogP contribution < -0.4 is 5.32 Å². The first-order valence-electron chi connectivity index (χ1n) is 7.71. The Balaban J connectivity index is 2.48. The molecular formula is C20H20BrNO. The third-order valence-corrected chi connectivity index (χ3v) is 4.88. The van der Waals surface area contributed by atoms with Gasteiger partial charge in [-0.25, -0.2) is 0 Å². The summed E-state index contributed by atoms with van der Waals surface area (Å²) in [6.45, 7) is 8.22. The zero-order chi connectivity index (χ0) is 16.8. The fraction of sp³-hybridized carbons (Fsp3) is 0.250. The topological polar surface area (TPSA) is 29.1 Å². The Bertz CT molecular complexity index is 922. The second-order valence-electron chi connectivity index (χ2n) is 6.93. The van der Waals surface area contributed by atoms with Crippen molar-refractivity contribution in [2.45, 2.75) is 33.1 Å². The van der Waals surface area contributed by atoms with Gasteiger partial charge in [0.25, 0.3) is 0 Å². The molecule has 0 bridgehead atoms. The van der Waals surface area contributed by atoms with Crippen LogP contribution in [0.25, 0.3) is 21.5 Å². The lowest BCUT2D eigenvalue weighted by Crippen LogP contribution is -2.13. The molecule has 0 saturated carbocycles. The Morgan fingerprint density at radius 1 is 0.957 bits per heavy atom. The number of amides is 1. The second kappa shape index (κ2) is 5.64. The molecule has 2 nitrogen and oxygen atoms in total. The van der Waals surface area contributed by atoms with Crippen LogP contribution in [0.5, 0.6) is 0 Å². The molecule has 1 N–H and O–H groups in total. The predicted molar refractivity (Wildman–Crippen MR) is 102 cm³/mol. The highest BCUT2D eigenvalue weighted by Gasteiger charge is 2.22. The highest BCUT2D eigenvalue weighted by Crippen LogP contribution is 2.42. The van der Waals surface area contributed by atoms with Gasteiger partial charge in [0.05, 0.1) is 0 Å². The van der Waals surface area contributed by atoms with E-state index in [4.69, 9.17) is 0 Å². The molecular weight excluding hydrogens is 350 g/mol. The van der Waals surface area contributed by atoms with E-state index < -0.39 is 0 Å². The number of carbonyl (C=O) groups excluding carboxylic acids is 1. The maximum Gasteiger partial charge on any atom is 0.221 e. The summed E-state index contributed by atoms with van der Waals surface area (Å²) in [6, 6.07) is 14.6. The van der Waals surface area contributed by atoms with Gasteiger partial charge in [-0.2, -0.15) is 0 Å². The lowest BCUT2D eigenvalue weighted by molar-refractivity contribution is -0.114. The minimum atomic E-state index is -0.0542. The normalized spacial score (nSPS) is 11.9. The molecule has 3 heteroatoms. The molecule has 0 aliphatic rings. The molecule has 3 rings (SSSR count). The van der Waals surface area contributed by atoms with Crippen LogP contribution >= 0.6 is 15.9 Å². The highest BCUT2D eigenvalue weighted by atomic mass is 79.9. The first kappa shape index (κ1) is 16.0. The number of rotatable bonds is 1. The number of anilines is 1. The van der Waals surface area contributed by atoms with E-state index in [1.165, 1.54) is 34.0 Å². The molecule has 0 aromatic heterocycles. The van der Waals surface area contributed by atoms with E-state index in [0.29, 0.717) is 0 Å². The molecule has 0 atom stereocenters. The quantitative estimate of drug-likeness (QED) is 0.522.